The van der Waals surface area contributed by atoms with Crippen molar-refractivity contribution >= 4 is 32.4 Å². The van der Waals surface area contributed by atoms with Gasteiger partial charge in [0.25, 0.3) is 5.91 Å². The Hall–Kier alpha value is -2.17. The minimum absolute atomic E-state index is 0.110. The van der Waals surface area contributed by atoms with Crippen LogP contribution in [0.1, 0.15) is 16.8 Å². The number of ether oxygens (including phenoxy) is 1. The number of aromatic nitrogens is 1. The van der Waals surface area contributed by atoms with Gasteiger partial charge >= 0.3 is 0 Å². The lowest BCUT2D eigenvalue weighted by atomic mass is 10.1. The van der Waals surface area contributed by atoms with Gasteiger partial charge in [-0.05, 0) is 24.6 Å². The fraction of sp³-hybridized carbons (Fsp3) is 0.375. The average molecular weight is 396 g/mol. The Balaban J connectivity index is 1.82. The Morgan fingerprint density at radius 2 is 2.08 bits per heavy atom. The standard InChI is InChI=1S/C16H20N4O4S2/c1-24-14-4-3-12(26(17,22)23)11-13(14)15(21)19-6-2-7-20(9-8-19)16-18-5-10-25-16/h3-5,10-11H,2,6-9H2,1H3,(H2,17,22,23). The number of thiazole rings is 1. The van der Waals surface area contributed by atoms with E-state index in [4.69, 9.17) is 9.88 Å². The van der Waals surface area contributed by atoms with E-state index in [1.54, 1.807) is 22.4 Å². The van der Waals surface area contributed by atoms with Crippen LogP contribution in [0.15, 0.2) is 34.7 Å². The number of hydrogen-bond donors (Lipinski definition) is 1. The molecule has 0 radical (unpaired) electrons. The van der Waals surface area contributed by atoms with E-state index in [-0.39, 0.29) is 16.4 Å². The van der Waals surface area contributed by atoms with E-state index >= 15 is 0 Å². The molecule has 1 amide bonds. The Morgan fingerprint density at radius 3 is 2.73 bits per heavy atom. The van der Waals surface area contributed by atoms with E-state index in [1.807, 2.05) is 5.38 Å². The zero-order chi connectivity index (χ0) is 18.7. The van der Waals surface area contributed by atoms with Crippen LogP contribution in [-0.2, 0) is 10.0 Å². The summed E-state index contributed by atoms with van der Waals surface area (Å²) in [7, 11) is -2.46. The van der Waals surface area contributed by atoms with Gasteiger partial charge in [-0.2, -0.15) is 0 Å². The maximum atomic E-state index is 13.0. The molecule has 2 N–H and O–H groups in total. The largest absolute Gasteiger partial charge is 0.496 e. The fourth-order valence-corrected chi connectivity index (χ4v) is 4.12. The SMILES string of the molecule is COc1ccc(S(N)(=O)=O)cc1C(=O)N1CCCN(c2nccs2)CC1. The molecule has 1 aromatic heterocycles. The molecular weight excluding hydrogens is 376 g/mol. The number of primary sulfonamides is 1. The molecule has 2 aromatic rings. The van der Waals surface area contributed by atoms with Gasteiger partial charge in [-0.1, -0.05) is 0 Å². The molecule has 1 aromatic carbocycles. The number of nitrogens with zero attached hydrogens (tertiary/aromatic N) is 3. The number of rotatable bonds is 4. The summed E-state index contributed by atoms with van der Waals surface area (Å²) in [5.74, 6) is 0.0526. The van der Waals surface area contributed by atoms with E-state index in [1.165, 1.54) is 25.3 Å². The number of anilines is 1. The summed E-state index contributed by atoms with van der Waals surface area (Å²) in [6.07, 6.45) is 2.56. The highest BCUT2D eigenvalue weighted by Crippen LogP contribution is 2.25. The Morgan fingerprint density at radius 1 is 1.27 bits per heavy atom. The van der Waals surface area contributed by atoms with Crippen LogP contribution >= 0.6 is 11.3 Å². The highest BCUT2D eigenvalue weighted by Gasteiger charge is 2.25. The first kappa shape index (κ1) is 18.6. The van der Waals surface area contributed by atoms with Crippen LogP contribution in [0.4, 0.5) is 5.13 Å². The molecule has 10 heteroatoms. The fourth-order valence-electron chi connectivity index (χ4n) is 2.89. The normalized spacial score (nSPS) is 15.6. The maximum Gasteiger partial charge on any atom is 0.257 e. The molecule has 0 saturated carbocycles. The van der Waals surface area contributed by atoms with Crippen LogP contribution in [0.5, 0.6) is 5.75 Å². The molecule has 0 unspecified atom stereocenters. The molecule has 26 heavy (non-hydrogen) atoms. The van der Waals surface area contributed by atoms with Gasteiger partial charge in [0.1, 0.15) is 5.75 Å². The number of hydrogen-bond acceptors (Lipinski definition) is 7. The van der Waals surface area contributed by atoms with Crippen LogP contribution in [0.3, 0.4) is 0 Å². The summed E-state index contributed by atoms with van der Waals surface area (Å²) in [6, 6.07) is 4.06. The van der Waals surface area contributed by atoms with E-state index in [2.05, 4.69) is 9.88 Å². The van der Waals surface area contributed by atoms with E-state index in [9.17, 15) is 13.2 Å². The highest BCUT2D eigenvalue weighted by atomic mass is 32.2. The van der Waals surface area contributed by atoms with Gasteiger partial charge in [0, 0.05) is 37.8 Å². The van der Waals surface area contributed by atoms with Crippen LogP contribution < -0.4 is 14.8 Å². The third-order valence-corrected chi connectivity index (χ3v) is 5.95. The number of amides is 1. The zero-order valence-corrected chi connectivity index (χ0v) is 15.9. The van der Waals surface area contributed by atoms with Gasteiger partial charge in [0.15, 0.2) is 5.13 Å². The van der Waals surface area contributed by atoms with Crippen molar-refractivity contribution in [2.24, 2.45) is 5.14 Å². The van der Waals surface area contributed by atoms with Crippen molar-refractivity contribution in [3.8, 4) is 5.75 Å². The maximum absolute atomic E-state index is 13.0. The third-order valence-electron chi connectivity index (χ3n) is 4.20. The van der Waals surface area contributed by atoms with Crippen molar-refractivity contribution in [1.82, 2.24) is 9.88 Å². The predicted octanol–water partition coefficient (Wildman–Crippen LogP) is 1.15. The number of carbonyl (C=O) groups excluding carboxylic acids is 1. The second-order valence-electron chi connectivity index (χ2n) is 5.85. The quantitative estimate of drug-likeness (QED) is 0.831. The summed E-state index contributed by atoms with van der Waals surface area (Å²) in [5.41, 5.74) is 0.196. The molecule has 1 aliphatic rings. The molecule has 0 bridgehead atoms. The molecule has 1 aliphatic heterocycles. The number of methoxy groups -OCH3 is 1. The molecule has 0 atom stereocenters. The molecule has 3 rings (SSSR count). The van der Waals surface area contributed by atoms with Gasteiger partial charge in [-0.25, -0.2) is 18.5 Å². The van der Waals surface area contributed by atoms with Crippen molar-refractivity contribution in [3.63, 3.8) is 0 Å². The topological polar surface area (TPSA) is 106 Å². The van der Waals surface area contributed by atoms with Crippen LogP contribution in [0.2, 0.25) is 0 Å². The Labute approximate surface area is 156 Å². The summed E-state index contributed by atoms with van der Waals surface area (Å²) in [4.78, 5) is 21.0. The molecule has 0 spiro atoms. The van der Waals surface area contributed by atoms with Gasteiger partial charge in [0.2, 0.25) is 10.0 Å². The minimum Gasteiger partial charge on any atom is -0.496 e. The number of nitrogens with two attached hydrogens (primary N) is 1. The lowest BCUT2D eigenvalue weighted by molar-refractivity contribution is 0.0763. The van der Waals surface area contributed by atoms with Gasteiger partial charge < -0.3 is 14.5 Å². The second-order valence-corrected chi connectivity index (χ2v) is 8.29. The number of benzene rings is 1. The first-order valence-corrected chi connectivity index (χ1v) is 10.5. The molecule has 8 nitrogen and oxygen atoms in total. The third kappa shape index (κ3) is 3.97. The zero-order valence-electron chi connectivity index (χ0n) is 14.3. The van der Waals surface area contributed by atoms with Crippen molar-refractivity contribution in [1.29, 1.82) is 0 Å². The van der Waals surface area contributed by atoms with Gasteiger partial charge in [0.05, 0.1) is 17.6 Å². The van der Waals surface area contributed by atoms with E-state index < -0.39 is 10.0 Å². The Bertz CT molecular complexity index is 884. The summed E-state index contributed by atoms with van der Waals surface area (Å²) >= 11 is 1.57. The molecule has 1 fully saturated rings. The van der Waals surface area contributed by atoms with Crippen LogP contribution in [0, 0.1) is 0 Å². The first-order chi connectivity index (χ1) is 12.4. The van der Waals surface area contributed by atoms with Crippen molar-refractivity contribution in [2.45, 2.75) is 11.3 Å². The van der Waals surface area contributed by atoms with E-state index in [0.717, 1.165) is 18.1 Å². The number of carbonyl (C=O) groups is 1. The lowest BCUT2D eigenvalue weighted by Gasteiger charge is -2.22. The van der Waals surface area contributed by atoms with Crippen molar-refractivity contribution < 1.29 is 17.9 Å². The minimum atomic E-state index is -3.90. The first-order valence-electron chi connectivity index (χ1n) is 8.04. The van der Waals surface area contributed by atoms with Gasteiger partial charge in [-0.3, -0.25) is 4.79 Å². The summed E-state index contributed by atoms with van der Waals surface area (Å²) < 4.78 is 28.5. The van der Waals surface area contributed by atoms with Crippen molar-refractivity contribution in [3.05, 3.63) is 35.3 Å². The molecule has 1 saturated heterocycles. The second kappa shape index (κ2) is 7.60. The van der Waals surface area contributed by atoms with Crippen LogP contribution in [-0.4, -0.2) is 57.5 Å². The molecule has 140 valence electrons. The smallest absolute Gasteiger partial charge is 0.257 e. The molecule has 0 aliphatic carbocycles. The van der Waals surface area contributed by atoms with Crippen LogP contribution in [0.25, 0.3) is 0 Å². The highest BCUT2D eigenvalue weighted by molar-refractivity contribution is 7.89. The summed E-state index contributed by atoms with van der Waals surface area (Å²) in [5, 5.41) is 8.05. The lowest BCUT2D eigenvalue weighted by Crippen LogP contribution is -2.35. The predicted molar refractivity (Wildman–Crippen MR) is 99.2 cm³/mol. The molecule has 2 heterocycles. The average Bonchev–Trinajstić information content (AvgIpc) is 3.04. The monoisotopic (exact) mass is 396 g/mol. The number of sulfonamides is 1. The van der Waals surface area contributed by atoms with Crippen molar-refractivity contribution in [2.75, 3.05) is 38.2 Å². The summed E-state index contributed by atoms with van der Waals surface area (Å²) in [6.45, 7) is 2.56. The molecular formula is C16H20N4O4S2. The van der Waals surface area contributed by atoms with Gasteiger partial charge in [-0.15, -0.1) is 11.3 Å². The Kier molecular flexibility index (Phi) is 5.44. The van der Waals surface area contributed by atoms with E-state index in [0.29, 0.717) is 25.4 Å².